The maximum atomic E-state index is 12.0. The number of halogens is 2. The first-order chi connectivity index (χ1) is 9.00. The van der Waals surface area contributed by atoms with E-state index in [2.05, 4.69) is 21.2 Å². The Morgan fingerprint density at radius 2 is 2.16 bits per heavy atom. The monoisotopic (exact) mass is 347 g/mol. The van der Waals surface area contributed by atoms with Gasteiger partial charge in [-0.05, 0) is 34.1 Å². The second-order valence-corrected chi connectivity index (χ2v) is 5.93. The fourth-order valence-electron chi connectivity index (χ4n) is 1.94. The fourth-order valence-corrected chi connectivity index (χ4v) is 2.80. The molecule has 0 aromatic heterocycles. The van der Waals surface area contributed by atoms with Crippen LogP contribution in [0.25, 0.3) is 0 Å². The molecule has 0 atom stereocenters. The Balaban J connectivity index is 1.97. The summed E-state index contributed by atoms with van der Waals surface area (Å²) in [5.74, 6) is -0.233. The van der Waals surface area contributed by atoms with Crippen molar-refractivity contribution in [1.82, 2.24) is 5.32 Å². The molecule has 1 aromatic carbocycles. The molecule has 0 unspecified atom stereocenters. The molecule has 0 radical (unpaired) electrons. The molecule has 0 aliphatic carbocycles. The van der Waals surface area contributed by atoms with Gasteiger partial charge in [0.1, 0.15) is 0 Å². The molecule has 2 rings (SSSR count). The number of amides is 1. The number of rotatable bonds is 3. The Morgan fingerprint density at radius 3 is 2.79 bits per heavy atom. The summed E-state index contributed by atoms with van der Waals surface area (Å²) in [6.45, 7) is 1.28. The zero-order valence-electron chi connectivity index (χ0n) is 10.3. The van der Waals surface area contributed by atoms with Crippen molar-refractivity contribution in [1.29, 1.82) is 0 Å². The number of nitrogens with one attached hydrogen (secondary N) is 1. The molecule has 1 aliphatic rings. The number of ether oxygens (including phenoxy) is 1. The van der Waals surface area contributed by atoms with Gasteiger partial charge in [-0.1, -0.05) is 11.6 Å². The van der Waals surface area contributed by atoms with Crippen LogP contribution >= 0.6 is 27.5 Å². The van der Waals surface area contributed by atoms with Crippen LogP contribution in [0.1, 0.15) is 23.2 Å². The second kappa shape index (κ2) is 6.22. The molecule has 1 heterocycles. The normalized spacial score (nSPS) is 18.1. The van der Waals surface area contributed by atoms with Crippen molar-refractivity contribution in [2.45, 2.75) is 18.4 Å². The molecule has 0 spiro atoms. The van der Waals surface area contributed by atoms with Crippen molar-refractivity contribution in [2.75, 3.05) is 19.8 Å². The lowest BCUT2D eigenvalue weighted by Crippen LogP contribution is -2.46. The average molecular weight is 349 g/mol. The van der Waals surface area contributed by atoms with E-state index in [-0.39, 0.29) is 12.5 Å². The Labute approximate surface area is 125 Å². The lowest BCUT2D eigenvalue weighted by atomic mass is 9.94. The first kappa shape index (κ1) is 14.8. The van der Waals surface area contributed by atoms with Crippen LogP contribution in [0.3, 0.4) is 0 Å². The minimum absolute atomic E-state index is 0.226. The Kier molecular flexibility index (Phi) is 4.84. The van der Waals surface area contributed by atoms with Gasteiger partial charge in [-0.3, -0.25) is 4.79 Å². The molecular weight excluding hydrogens is 334 g/mol. The SMILES string of the molecule is O=C(NCC1(O)CCOCC1)c1ccc(Cl)cc1Br. The standard InChI is InChI=1S/C13H15BrClNO3/c14-11-7-9(15)1-2-10(11)12(17)16-8-13(18)3-5-19-6-4-13/h1-2,7,18H,3-6,8H2,(H,16,17). The quantitative estimate of drug-likeness (QED) is 0.882. The van der Waals surface area contributed by atoms with E-state index in [1.807, 2.05) is 0 Å². The summed E-state index contributed by atoms with van der Waals surface area (Å²) in [4.78, 5) is 12.0. The number of aliphatic hydroxyl groups is 1. The third-order valence-corrected chi connectivity index (χ3v) is 4.07. The van der Waals surface area contributed by atoms with Gasteiger partial charge in [-0.25, -0.2) is 0 Å². The van der Waals surface area contributed by atoms with Crippen LogP contribution in [0.4, 0.5) is 0 Å². The molecule has 1 aliphatic heterocycles. The van der Waals surface area contributed by atoms with E-state index < -0.39 is 5.60 Å². The third kappa shape index (κ3) is 3.92. The van der Waals surface area contributed by atoms with E-state index in [0.29, 0.717) is 41.1 Å². The number of carbonyl (C=O) groups is 1. The van der Waals surface area contributed by atoms with Gasteiger partial charge in [0.15, 0.2) is 0 Å². The second-order valence-electron chi connectivity index (χ2n) is 4.64. The minimum atomic E-state index is -0.868. The van der Waals surface area contributed by atoms with Crippen molar-refractivity contribution < 1.29 is 14.6 Å². The van der Waals surface area contributed by atoms with Crippen molar-refractivity contribution in [2.24, 2.45) is 0 Å². The molecule has 104 valence electrons. The van der Waals surface area contributed by atoms with E-state index in [9.17, 15) is 9.90 Å². The summed E-state index contributed by atoms with van der Waals surface area (Å²) < 4.78 is 5.83. The molecule has 1 aromatic rings. The van der Waals surface area contributed by atoms with Crippen molar-refractivity contribution in [3.8, 4) is 0 Å². The van der Waals surface area contributed by atoms with Crippen LogP contribution in [-0.2, 0) is 4.74 Å². The van der Waals surface area contributed by atoms with Crippen molar-refractivity contribution in [3.05, 3.63) is 33.3 Å². The third-order valence-electron chi connectivity index (χ3n) is 3.18. The van der Waals surface area contributed by atoms with Crippen LogP contribution in [0, 0.1) is 0 Å². The summed E-state index contributed by atoms with van der Waals surface area (Å²) >= 11 is 9.13. The maximum Gasteiger partial charge on any atom is 0.252 e. The topological polar surface area (TPSA) is 58.6 Å². The zero-order chi connectivity index (χ0) is 13.9. The summed E-state index contributed by atoms with van der Waals surface area (Å²) in [5.41, 5.74) is -0.368. The Bertz CT molecular complexity index is 475. The van der Waals surface area contributed by atoms with E-state index in [4.69, 9.17) is 16.3 Å². The summed E-state index contributed by atoms with van der Waals surface area (Å²) in [7, 11) is 0. The van der Waals surface area contributed by atoms with Crippen LogP contribution < -0.4 is 5.32 Å². The fraction of sp³-hybridized carbons (Fsp3) is 0.462. The smallest absolute Gasteiger partial charge is 0.252 e. The van der Waals surface area contributed by atoms with Gasteiger partial charge in [0.25, 0.3) is 5.91 Å². The lowest BCUT2D eigenvalue weighted by molar-refractivity contribution is -0.0605. The molecule has 0 saturated carbocycles. The van der Waals surface area contributed by atoms with Crippen LogP contribution in [0.15, 0.2) is 22.7 Å². The molecule has 0 bridgehead atoms. The van der Waals surface area contributed by atoms with Gasteiger partial charge in [0.05, 0.1) is 11.2 Å². The Hall–Kier alpha value is -0.620. The first-order valence-electron chi connectivity index (χ1n) is 6.04. The highest BCUT2D eigenvalue weighted by Gasteiger charge is 2.30. The average Bonchev–Trinajstić information content (AvgIpc) is 2.37. The van der Waals surface area contributed by atoms with Gasteiger partial charge in [0, 0.05) is 42.1 Å². The predicted octanol–water partition coefficient (Wildman–Crippen LogP) is 2.37. The molecule has 19 heavy (non-hydrogen) atoms. The maximum absolute atomic E-state index is 12.0. The molecule has 4 nitrogen and oxygen atoms in total. The van der Waals surface area contributed by atoms with E-state index in [1.54, 1.807) is 18.2 Å². The number of benzene rings is 1. The summed E-state index contributed by atoms with van der Waals surface area (Å²) in [6.07, 6.45) is 1.07. The molecule has 1 saturated heterocycles. The highest BCUT2D eigenvalue weighted by molar-refractivity contribution is 9.10. The first-order valence-corrected chi connectivity index (χ1v) is 7.21. The molecular formula is C13H15BrClNO3. The van der Waals surface area contributed by atoms with E-state index in [1.165, 1.54) is 0 Å². The highest BCUT2D eigenvalue weighted by Crippen LogP contribution is 2.22. The largest absolute Gasteiger partial charge is 0.388 e. The molecule has 6 heteroatoms. The van der Waals surface area contributed by atoms with E-state index >= 15 is 0 Å². The van der Waals surface area contributed by atoms with Crippen molar-refractivity contribution in [3.63, 3.8) is 0 Å². The van der Waals surface area contributed by atoms with Gasteiger partial charge in [-0.2, -0.15) is 0 Å². The predicted molar refractivity (Wildman–Crippen MR) is 76.5 cm³/mol. The molecule has 2 N–H and O–H groups in total. The van der Waals surface area contributed by atoms with Gasteiger partial charge >= 0.3 is 0 Å². The van der Waals surface area contributed by atoms with Crippen LogP contribution in [-0.4, -0.2) is 36.4 Å². The van der Waals surface area contributed by atoms with Gasteiger partial charge in [-0.15, -0.1) is 0 Å². The Morgan fingerprint density at radius 1 is 1.47 bits per heavy atom. The number of hydrogen-bond acceptors (Lipinski definition) is 3. The van der Waals surface area contributed by atoms with Crippen molar-refractivity contribution >= 4 is 33.4 Å². The molecule has 1 fully saturated rings. The number of hydrogen-bond donors (Lipinski definition) is 2. The number of carbonyl (C=O) groups excluding carboxylic acids is 1. The van der Waals surface area contributed by atoms with Gasteiger partial charge in [0.2, 0.25) is 0 Å². The van der Waals surface area contributed by atoms with Gasteiger partial charge < -0.3 is 15.2 Å². The van der Waals surface area contributed by atoms with E-state index in [0.717, 1.165) is 0 Å². The molecule has 1 amide bonds. The summed E-state index contributed by atoms with van der Waals surface area (Å²) in [5, 5.41) is 13.6. The highest BCUT2D eigenvalue weighted by atomic mass is 79.9. The minimum Gasteiger partial charge on any atom is -0.388 e. The van der Waals surface area contributed by atoms with Crippen LogP contribution in [0.2, 0.25) is 5.02 Å². The lowest BCUT2D eigenvalue weighted by Gasteiger charge is -2.32. The zero-order valence-corrected chi connectivity index (χ0v) is 12.6. The van der Waals surface area contributed by atoms with Crippen LogP contribution in [0.5, 0.6) is 0 Å². The summed E-state index contributed by atoms with van der Waals surface area (Å²) in [6, 6.07) is 4.97.